The lowest BCUT2D eigenvalue weighted by Crippen LogP contribution is -2.18. The van der Waals surface area contributed by atoms with Crippen molar-refractivity contribution in [2.24, 2.45) is 0 Å². The fourth-order valence-corrected chi connectivity index (χ4v) is 3.06. The summed E-state index contributed by atoms with van der Waals surface area (Å²) in [5, 5.41) is 13.1. The predicted octanol–water partition coefficient (Wildman–Crippen LogP) is 1.72. The van der Waals surface area contributed by atoms with E-state index in [1.807, 2.05) is 19.9 Å². The van der Waals surface area contributed by atoms with Gasteiger partial charge in [0.1, 0.15) is 16.8 Å². The van der Waals surface area contributed by atoms with Gasteiger partial charge in [-0.2, -0.15) is 10.4 Å². The molecule has 0 amide bonds. The van der Waals surface area contributed by atoms with Crippen LogP contribution in [0.25, 0.3) is 0 Å². The number of aromatic nitrogens is 2. The van der Waals surface area contributed by atoms with Gasteiger partial charge in [-0.3, -0.25) is 4.72 Å². The normalized spacial score (nSPS) is 11.3. The molecule has 0 aliphatic heterocycles. The maximum Gasteiger partial charge on any atom is 0.264 e. The highest BCUT2D eigenvalue weighted by Crippen LogP contribution is 2.22. The minimum Gasteiger partial charge on any atom is -0.399 e. The lowest BCUT2D eigenvalue weighted by Gasteiger charge is -2.13. The van der Waals surface area contributed by atoms with Gasteiger partial charge in [-0.1, -0.05) is 0 Å². The van der Waals surface area contributed by atoms with Crippen LogP contribution >= 0.6 is 0 Å². The number of anilines is 2. The predicted molar refractivity (Wildman–Crippen MR) is 79.0 cm³/mol. The second-order valence-electron chi connectivity index (χ2n) is 4.73. The fourth-order valence-electron chi connectivity index (χ4n) is 1.87. The van der Waals surface area contributed by atoms with Gasteiger partial charge >= 0.3 is 0 Å². The van der Waals surface area contributed by atoms with E-state index < -0.39 is 10.0 Å². The summed E-state index contributed by atoms with van der Waals surface area (Å²) >= 11 is 0. The van der Waals surface area contributed by atoms with E-state index in [2.05, 4.69) is 9.82 Å². The Morgan fingerprint density at radius 1 is 1.38 bits per heavy atom. The summed E-state index contributed by atoms with van der Waals surface area (Å²) in [5.41, 5.74) is 5.90. The Morgan fingerprint density at radius 3 is 2.71 bits per heavy atom. The van der Waals surface area contributed by atoms with E-state index in [9.17, 15) is 8.42 Å². The molecule has 0 fully saturated rings. The molecular formula is C13H15N5O2S. The fraction of sp³-hybridized carbons (Fsp3) is 0.231. The number of rotatable bonds is 4. The van der Waals surface area contributed by atoms with Crippen LogP contribution in [0, 0.1) is 11.3 Å². The number of nitrogens with one attached hydrogen (secondary N) is 1. The zero-order chi connectivity index (χ0) is 15.6. The van der Waals surface area contributed by atoms with Crippen molar-refractivity contribution >= 4 is 21.5 Å². The third-order valence-corrected chi connectivity index (χ3v) is 4.22. The van der Waals surface area contributed by atoms with Crippen molar-refractivity contribution in [2.75, 3.05) is 10.5 Å². The number of nitrogens with zero attached hydrogens (tertiary/aromatic N) is 3. The van der Waals surface area contributed by atoms with Crippen molar-refractivity contribution in [1.29, 1.82) is 5.26 Å². The Kier molecular flexibility index (Phi) is 3.86. The molecule has 0 aliphatic rings. The second-order valence-corrected chi connectivity index (χ2v) is 6.38. The van der Waals surface area contributed by atoms with Crippen LogP contribution in [-0.2, 0) is 10.0 Å². The summed E-state index contributed by atoms with van der Waals surface area (Å²) in [4.78, 5) is -0.115. The van der Waals surface area contributed by atoms with Gasteiger partial charge in [0.15, 0.2) is 0 Å². The molecule has 1 heterocycles. The molecule has 0 unspecified atom stereocenters. The van der Waals surface area contributed by atoms with Gasteiger partial charge in [-0.15, -0.1) is 0 Å². The van der Waals surface area contributed by atoms with Crippen molar-refractivity contribution in [3.8, 4) is 6.07 Å². The molecule has 21 heavy (non-hydrogen) atoms. The monoisotopic (exact) mass is 305 g/mol. The Morgan fingerprint density at radius 2 is 2.10 bits per heavy atom. The quantitative estimate of drug-likeness (QED) is 0.835. The number of hydrogen-bond acceptors (Lipinski definition) is 5. The minimum atomic E-state index is -3.89. The average molecular weight is 305 g/mol. The summed E-state index contributed by atoms with van der Waals surface area (Å²) in [6.45, 7) is 3.77. The molecule has 0 spiro atoms. The first-order valence-electron chi connectivity index (χ1n) is 6.21. The molecule has 0 saturated carbocycles. The van der Waals surface area contributed by atoms with Gasteiger partial charge in [0.25, 0.3) is 10.0 Å². The van der Waals surface area contributed by atoms with Crippen molar-refractivity contribution in [3.05, 3.63) is 36.0 Å². The number of nitrogen functional groups attached to an aromatic ring is 1. The zero-order valence-corrected chi connectivity index (χ0v) is 12.4. The molecule has 0 saturated heterocycles. The molecule has 0 radical (unpaired) electrons. The highest BCUT2D eigenvalue weighted by molar-refractivity contribution is 7.92. The highest BCUT2D eigenvalue weighted by atomic mass is 32.2. The summed E-state index contributed by atoms with van der Waals surface area (Å²) in [5.74, 6) is 0.339. The van der Waals surface area contributed by atoms with Gasteiger partial charge in [-0.05, 0) is 32.0 Å². The van der Waals surface area contributed by atoms with E-state index in [4.69, 9.17) is 11.0 Å². The van der Waals surface area contributed by atoms with Crippen LogP contribution in [0.3, 0.4) is 0 Å². The molecule has 3 N–H and O–H groups in total. The van der Waals surface area contributed by atoms with Crippen molar-refractivity contribution in [3.63, 3.8) is 0 Å². The summed E-state index contributed by atoms with van der Waals surface area (Å²) in [6.07, 6.45) is 1.51. The number of sulfonamides is 1. The Labute approximate surface area is 123 Å². The summed E-state index contributed by atoms with van der Waals surface area (Å²) < 4.78 is 28.8. The maximum absolute atomic E-state index is 12.4. The van der Waals surface area contributed by atoms with Crippen LogP contribution in [-0.4, -0.2) is 18.2 Å². The second kappa shape index (κ2) is 5.46. The maximum atomic E-state index is 12.4. The van der Waals surface area contributed by atoms with Crippen LogP contribution in [0.15, 0.2) is 35.4 Å². The highest BCUT2D eigenvalue weighted by Gasteiger charge is 2.21. The van der Waals surface area contributed by atoms with Crippen LogP contribution < -0.4 is 10.5 Å². The smallest absolute Gasteiger partial charge is 0.264 e. The Hall–Kier alpha value is -2.53. The number of nitriles is 1. The van der Waals surface area contributed by atoms with Crippen LogP contribution in [0.2, 0.25) is 0 Å². The summed E-state index contributed by atoms with van der Waals surface area (Å²) in [7, 11) is -3.89. The van der Waals surface area contributed by atoms with Gasteiger partial charge < -0.3 is 5.73 Å². The van der Waals surface area contributed by atoms with Gasteiger partial charge in [-0.25, -0.2) is 13.1 Å². The number of benzene rings is 1. The average Bonchev–Trinajstić information content (AvgIpc) is 2.85. The van der Waals surface area contributed by atoms with Crippen LogP contribution in [0.4, 0.5) is 11.5 Å². The number of nitrogens with two attached hydrogens (primary N) is 1. The minimum absolute atomic E-state index is 0.000412. The number of hydrogen-bond donors (Lipinski definition) is 2. The van der Waals surface area contributed by atoms with Crippen LogP contribution in [0.5, 0.6) is 0 Å². The van der Waals surface area contributed by atoms with Gasteiger partial charge in [0.2, 0.25) is 0 Å². The third-order valence-electron chi connectivity index (χ3n) is 2.81. The van der Waals surface area contributed by atoms with Crippen molar-refractivity contribution in [1.82, 2.24) is 9.78 Å². The Balaban J connectivity index is 2.44. The van der Waals surface area contributed by atoms with E-state index >= 15 is 0 Å². The van der Waals surface area contributed by atoms with E-state index in [0.29, 0.717) is 11.5 Å². The molecule has 1 aromatic carbocycles. The topological polar surface area (TPSA) is 114 Å². The first-order chi connectivity index (χ1) is 9.85. The standard InChI is InChI=1S/C13H15N5O2S/c1-9(2)18-13(5-6-16-18)17-21(19,20)12-4-3-11(15)7-10(12)8-14/h3-7,9,17H,15H2,1-2H3. The Bertz CT molecular complexity index is 802. The lowest BCUT2D eigenvalue weighted by atomic mass is 10.2. The van der Waals surface area contributed by atoms with E-state index in [-0.39, 0.29) is 16.5 Å². The molecule has 0 aliphatic carbocycles. The molecule has 2 aromatic rings. The SMILES string of the molecule is CC(C)n1nccc1NS(=O)(=O)c1ccc(N)cc1C#N. The van der Waals surface area contributed by atoms with Crippen molar-refractivity contribution in [2.45, 2.75) is 24.8 Å². The van der Waals surface area contributed by atoms with Crippen molar-refractivity contribution < 1.29 is 8.42 Å². The molecule has 7 nitrogen and oxygen atoms in total. The molecule has 110 valence electrons. The van der Waals surface area contributed by atoms with E-state index in [1.165, 1.54) is 24.4 Å². The summed E-state index contributed by atoms with van der Waals surface area (Å²) in [6, 6.07) is 7.47. The molecule has 8 heteroatoms. The zero-order valence-electron chi connectivity index (χ0n) is 11.6. The molecular weight excluding hydrogens is 290 g/mol. The van der Waals surface area contributed by atoms with E-state index in [0.717, 1.165) is 0 Å². The lowest BCUT2D eigenvalue weighted by molar-refractivity contribution is 0.539. The molecule has 1 aromatic heterocycles. The molecule has 0 atom stereocenters. The van der Waals surface area contributed by atoms with E-state index in [1.54, 1.807) is 10.7 Å². The van der Waals surface area contributed by atoms with Crippen LogP contribution in [0.1, 0.15) is 25.5 Å². The third kappa shape index (κ3) is 2.98. The first-order valence-corrected chi connectivity index (χ1v) is 7.69. The van der Waals surface area contributed by atoms with Gasteiger partial charge in [0, 0.05) is 17.8 Å². The first kappa shape index (κ1) is 14.9. The molecule has 0 bridgehead atoms. The van der Waals surface area contributed by atoms with Gasteiger partial charge in [0.05, 0.1) is 11.8 Å². The largest absolute Gasteiger partial charge is 0.399 e. The molecule has 2 rings (SSSR count).